The van der Waals surface area contributed by atoms with Gasteiger partial charge in [-0.25, -0.2) is 0 Å². The molecule has 4 N–H and O–H groups in total. The lowest BCUT2D eigenvalue weighted by Crippen LogP contribution is -2.50. The summed E-state index contributed by atoms with van der Waals surface area (Å²) in [6, 6.07) is 5.54. The van der Waals surface area contributed by atoms with Crippen LogP contribution in [0.1, 0.15) is 47.7 Å². The minimum Gasteiger partial charge on any atom is -0.493 e. The third-order valence-corrected chi connectivity index (χ3v) is 8.08. The Kier molecular flexibility index (Phi) is 10.7. The van der Waals surface area contributed by atoms with Gasteiger partial charge in [0.2, 0.25) is 11.8 Å². The van der Waals surface area contributed by atoms with Gasteiger partial charge in [0.15, 0.2) is 18.1 Å². The number of fused-ring (bicyclic) bond motifs is 2. The molecule has 2 aromatic rings. The molecule has 1 fully saturated rings. The molecule has 4 rings (SSSR count). The van der Waals surface area contributed by atoms with Crippen LogP contribution in [0.25, 0.3) is 0 Å². The van der Waals surface area contributed by atoms with E-state index in [1.165, 1.54) is 11.3 Å². The summed E-state index contributed by atoms with van der Waals surface area (Å²) in [6.45, 7) is 4.14. The normalized spacial score (nSPS) is 21.2. The van der Waals surface area contributed by atoms with E-state index in [1.54, 1.807) is 13.2 Å². The second kappa shape index (κ2) is 14.4. The summed E-state index contributed by atoms with van der Waals surface area (Å²) in [5.41, 5.74) is 0.0205. The van der Waals surface area contributed by atoms with Crippen LogP contribution >= 0.6 is 11.3 Å². The quantitative estimate of drug-likeness (QED) is 0.391. The first kappa shape index (κ1) is 29.7. The fourth-order valence-electron chi connectivity index (χ4n) is 4.92. The van der Waals surface area contributed by atoms with Gasteiger partial charge < -0.3 is 30.7 Å². The minimum absolute atomic E-state index is 0.0766. The molecule has 11 nitrogen and oxygen atoms in total. The lowest BCUT2D eigenvalue weighted by atomic mass is 9.75. The largest absolute Gasteiger partial charge is 0.493 e. The summed E-state index contributed by atoms with van der Waals surface area (Å²) in [4.78, 5) is 39.1. The van der Waals surface area contributed by atoms with Crippen molar-refractivity contribution in [2.45, 2.75) is 51.9 Å². The number of nitrogens with zero attached hydrogens (tertiary/aromatic N) is 2. The minimum atomic E-state index is -0.846. The van der Waals surface area contributed by atoms with Gasteiger partial charge in [-0.05, 0) is 56.3 Å². The lowest BCUT2D eigenvalue weighted by Gasteiger charge is -2.33. The highest BCUT2D eigenvalue weighted by Gasteiger charge is 2.43. The number of amides is 3. The van der Waals surface area contributed by atoms with Crippen LogP contribution in [0, 0.1) is 18.3 Å². The Morgan fingerprint density at radius 2 is 2.02 bits per heavy atom. The standard InChI is InChI=1S/C28H40N6O5S/c1-19-33-34-26(40-19)9-11-31-27(37)28(15-20-5-6-20)16-21-7-8-22(38-2)23(14-21)39-17-25(36)30-13-12-29-10-3-4-24(35)32-18-28/h7-8,14,20,29H,3-6,9-13,15-18H2,1-2H3,(H,30,36)(H,31,37)(H,32,35). The van der Waals surface area contributed by atoms with Crippen LogP contribution in [0.15, 0.2) is 18.2 Å². The van der Waals surface area contributed by atoms with Crippen LogP contribution in [0.3, 0.4) is 0 Å². The van der Waals surface area contributed by atoms with Gasteiger partial charge in [0.1, 0.15) is 10.0 Å². The summed E-state index contributed by atoms with van der Waals surface area (Å²) >= 11 is 1.52. The Hall–Kier alpha value is -3.25. The number of benzene rings is 1. The van der Waals surface area contributed by atoms with E-state index in [2.05, 4.69) is 31.5 Å². The summed E-state index contributed by atoms with van der Waals surface area (Å²) < 4.78 is 11.3. The topological polar surface area (TPSA) is 144 Å². The summed E-state index contributed by atoms with van der Waals surface area (Å²) in [7, 11) is 1.55. The molecular weight excluding hydrogens is 532 g/mol. The number of hydrogen-bond acceptors (Lipinski definition) is 9. The first-order chi connectivity index (χ1) is 19.4. The molecule has 0 saturated heterocycles. The molecule has 2 aliphatic rings. The summed E-state index contributed by atoms with van der Waals surface area (Å²) in [6.07, 6.45) is 4.84. The fraction of sp³-hybridized carbons (Fsp3) is 0.607. The second-order valence-corrected chi connectivity index (χ2v) is 11.8. The van der Waals surface area contributed by atoms with Crippen molar-refractivity contribution in [2.75, 3.05) is 46.4 Å². The average molecular weight is 573 g/mol. The van der Waals surface area contributed by atoms with Crippen LogP contribution in [-0.2, 0) is 27.2 Å². The van der Waals surface area contributed by atoms with Crippen molar-refractivity contribution in [2.24, 2.45) is 11.3 Å². The number of methoxy groups -OCH3 is 1. The molecule has 218 valence electrons. The van der Waals surface area contributed by atoms with E-state index in [1.807, 2.05) is 19.1 Å². The molecule has 1 aromatic heterocycles. The zero-order valence-corrected chi connectivity index (χ0v) is 24.2. The number of nitrogens with one attached hydrogen (secondary N) is 4. The van der Waals surface area contributed by atoms with E-state index in [0.717, 1.165) is 28.4 Å². The first-order valence-electron chi connectivity index (χ1n) is 14.0. The van der Waals surface area contributed by atoms with Gasteiger partial charge >= 0.3 is 0 Å². The lowest BCUT2D eigenvalue weighted by molar-refractivity contribution is -0.132. The maximum atomic E-state index is 14.0. The predicted molar refractivity (Wildman–Crippen MR) is 151 cm³/mol. The van der Waals surface area contributed by atoms with E-state index >= 15 is 0 Å². The van der Waals surface area contributed by atoms with E-state index in [9.17, 15) is 14.4 Å². The number of carbonyl (C=O) groups excluding carboxylic acids is 3. The van der Waals surface area contributed by atoms with Crippen LogP contribution in [0.5, 0.6) is 11.5 Å². The van der Waals surface area contributed by atoms with Crippen LogP contribution in [-0.4, -0.2) is 74.4 Å². The maximum absolute atomic E-state index is 14.0. The Morgan fingerprint density at radius 1 is 1.18 bits per heavy atom. The van der Waals surface area contributed by atoms with E-state index in [0.29, 0.717) is 75.7 Å². The van der Waals surface area contributed by atoms with Gasteiger partial charge in [-0.15, -0.1) is 21.5 Å². The van der Waals surface area contributed by atoms with E-state index in [4.69, 9.17) is 9.47 Å². The summed E-state index contributed by atoms with van der Waals surface area (Å²) in [5, 5.41) is 22.3. The summed E-state index contributed by atoms with van der Waals surface area (Å²) in [5.74, 6) is 0.981. The van der Waals surface area contributed by atoms with Crippen LogP contribution < -0.4 is 30.7 Å². The zero-order valence-electron chi connectivity index (χ0n) is 23.3. The first-order valence-corrected chi connectivity index (χ1v) is 14.8. The fourth-order valence-corrected chi connectivity index (χ4v) is 5.63. The molecular formula is C28H40N6O5S. The smallest absolute Gasteiger partial charge is 0.257 e. The molecule has 1 aliphatic heterocycles. The number of aromatic nitrogens is 2. The Balaban J connectivity index is 1.58. The van der Waals surface area contributed by atoms with Crippen molar-refractivity contribution in [3.05, 3.63) is 33.8 Å². The van der Waals surface area contributed by atoms with Gasteiger partial charge in [0.05, 0.1) is 12.5 Å². The van der Waals surface area contributed by atoms with E-state index < -0.39 is 5.41 Å². The number of aryl methyl sites for hydroxylation is 1. The van der Waals surface area contributed by atoms with Crippen molar-refractivity contribution in [1.29, 1.82) is 0 Å². The number of rotatable bonds is 7. The maximum Gasteiger partial charge on any atom is 0.257 e. The monoisotopic (exact) mass is 572 g/mol. The molecule has 1 unspecified atom stereocenters. The van der Waals surface area contributed by atoms with Crippen LogP contribution in [0.2, 0.25) is 0 Å². The Labute approximate surface area is 239 Å². The number of hydrogen-bond donors (Lipinski definition) is 4. The van der Waals surface area contributed by atoms with Crippen molar-refractivity contribution in [1.82, 2.24) is 31.5 Å². The highest BCUT2D eigenvalue weighted by Crippen LogP contribution is 2.43. The second-order valence-electron chi connectivity index (χ2n) is 10.6. The average Bonchev–Trinajstić information content (AvgIpc) is 3.66. The third-order valence-electron chi connectivity index (χ3n) is 7.18. The number of carbonyl (C=O) groups is 3. The Morgan fingerprint density at radius 3 is 2.77 bits per heavy atom. The molecule has 3 amide bonds. The van der Waals surface area contributed by atoms with E-state index in [-0.39, 0.29) is 30.9 Å². The highest BCUT2D eigenvalue weighted by atomic mass is 32.1. The van der Waals surface area contributed by atoms with Gasteiger partial charge in [0.25, 0.3) is 5.91 Å². The van der Waals surface area contributed by atoms with Gasteiger partial charge in [-0.1, -0.05) is 18.9 Å². The predicted octanol–water partition coefficient (Wildman–Crippen LogP) is 1.54. The van der Waals surface area contributed by atoms with Crippen LogP contribution in [0.4, 0.5) is 0 Å². The number of ether oxygens (including phenoxy) is 2. The molecule has 0 spiro atoms. The van der Waals surface area contributed by atoms with Crippen molar-refractivity contribution >= 4 is 29.1 Å². The molecule has 1 aromatic carbocycles. The molecule has 0 radical (unpaired) electrons. The molecule has 2 bridgehead atoms. The van der Waals surface area contributed by atoms with Gasteiger partial charge in [-0.3, -0.25) is 14.4 Å². The molecule has 1 atom stereocenters. The molecule has 1 aliphatic carbocycles. The Bertz CT molecular complexity index is 1170. The van der Waals surface area contributed by atoms with Gasteiger partial charge in [0, 0.05) is 39.0 Å². The van der Waals surface area contributed by atoms with Gasteiger partial charge in [-0.2, -0.15) is 0 Å². The highest BCUT2D eigenvalue weighted by molar-refractivity contribution is 7.11. The van der Waals surface area contributed by atoms with Crippen molar-refractivity contribution in [3.8, 4) is 11.5 Å². The molecule has 12 heteroatoms. The molecule has 1 saturated carbocycles. The SMILES string of the molecule is COc1ccc2cc1OCC(=O)NCCNCCCC(=O)NCC(CC1CC1)(C(=O)NCCc1nnc(C)s1)C2. The molecule has 2 heterocycles. The van der Waals surface area contributed by atoms with Crippen molar-refractivity contribution in [3.63, 3.8) is 0 Å². The zero-order chi connectivity index (χ0) is 28.4. The van der Waals surface area contributed by atoms with Crippen molar-refractivity contribution < 1.29 is 23.9 Å². The molecule has 40 heavy (non-hydrogen) atoms. The third kappa shape index (κ3) is 8.88.